The van der Waals surface area contributed by atoms with Crippen molar-refractivity contribution in [1.29, 1.82) is 0 Å². The van der Waals surface area contributed by atoms with E-state index < -0.39 is 0 Å². The maximum absolute atomic E-state index is 6.55. The molecule has 0 bridgehead atoms. The quantitative estimate of drug-likeness (QED) is 0.797. The van der Waals surface area contributed by atoms with Crippen molar-refractivity contribution in [3.05, 3.63) is 51.2 Å². The summed E-state index contributed by atoms with van der Waals surface area (Å²) in [4.78, 5) is 2.46. The average Bonchev–Trinajstić information content (AvgIpc) is 3.20. The standard InChI is InChI=1S/C17H21ClN2S/c1-2-19-10-13-3-6-17(16(18)9-13)20(15-4-5-15)11-14-7-8-21-12-14/h3,6-9,12,15,19H,2,4-5,10-11H2,1H3. The predicted octanol–water partition coefficient (Wildman–Crippen LogP) is 4.68. The topological polar surface area (TPSA) is 15.3 Å². The first kappa shape index (κ1) is 14.9. The van der Waals surface area contributed by atoms with E-state index in [1.807, 2.05) is 0 Å². The molecule has 2 nitrogen and oxygen atoms in total. The molecule has 21 heavy (non-hydrogen) atoms. The second kappa shape index (κ2) is 6.82. The highest BCUT2D eigenvalue weighted by molar-refractivity contribution is 7.07. The predicted molar refractivity (Wildman–Crippen MR) is 92.4 cm³/mol. The maximum atomic E-state index is 6.55. The van der Waals surface area contributed by atoms with Crippen LogP contribution in [-0.4, -0.2) is 12.6 Å². The van der Waals surface area contributed by atoms with Gasteiger partial charge in [0, 0.05) is 19.1 Å². The van der Waals surface area contributed by atoms with Gasteiger partial charge in [0.1, 0.15) is 0 Å². The molecule has 0 unspecified atom stereocenters. The Hall–Kier alpha value is -1.03. The van der Waals surface area contributed by atoms with Crippen LogP contribution in [0.5, 0.6) is 0 Å². The van der Waals surface area contributed by atoms with Crippen molar-refractivity contribution >= 4 is 28.6 Å². The third-order valence-corrected chi connectivity index (χ3v) is 4.86. The average molecular weight is 321 g/mol. The van der Waals surface area contributed by atoms with Gasteiger partial charge in [-0.25, -0.2) is 0 Å². The summed E-state index contributed by atoms with van der Waals surface area (Å²) < 4.78 is 0. The van der Waals surface area contributed by atoms with Gasteiger partial charge in [-0.15, -0.1) is 0 Å². The number of thiophene rings is 1. The summed E-state index contributed by atoms with van der Waals surface area (Å²) >= 11 is 8.30. The first-order chi connectivity index (χ1) is 10.3. The zero-order valence-electron chi connectivity index (χ0n) is 12.3. The summed E-state index contributed by atoms with van der Waals surface area (Å²) in [6, 6.07) is 9.32. The maximum Gasteiger partial charge on any atom is 0.0643 e. The zero-order chi connectivity index (χ0) is 14.7. The van der Waals surface area contributed by atoms with E-state index in [1.165, 1.54) is 29.7 Å². The van der Waals surface area contributed by atoms with Crippen LogP contribution in [0.3, 0.4) is 0 Å². The van der Waals surface area contributed by atoms with E-state index in [2.05, 4.69) is 52.2 Å². The smallest absolute Gasteiger partial charge is 0.0643 e. The molecule has 1 aliphatic rings. The summed E-state index contributed by atoms with van der Waals surface area (Å²) in [7, 11) is 0. The highest BCUT2D eigenvalue weighted by Crippen LogP contribution is 2.37. The number of rotatable bonds is 7. The SMILES string of the molecule is CCNCc1ccc(N(Cc2ccsc2)C2CC2)c(Cl)c1. The molecular formula is C17H21ClN2S. The van der Waals surface area contributed by atoms with Crippen molar-refractivity contribution in [1.82, 2.24) is 5.32 Å². The van der Waals surface area contributed by atoms with E-state index >= 15 is 0 Å². The van der Waals surface area contributed by atoms with Crippen molar-refractivity contribution in [2.24, 2.45) is 0 Å². The molecule has 0 radical (unpaired) electrons. The molecule has 112 valence electrons. The first-order valence-electron chi connectivity index (χ1n) is 7.54. The minimum atomic E-state index is 0.655. The Morgan fingerprint density at radius 3 is 2.76 bits per heavy atom. The molecule has 0 aliphatic heterocycles. The number of anilines is 1. The van der Waals surface area contributed by atoms with E-state index in [9.17, 15) is 0 Å². The van der Waals surface area contributed by atoms with Gasteiger partial charge in [-0.05, 0) is 59.5 Å². The van der Waals surface area contributed by atoms with Crippen LogP contribution in [-0.2, 0) is 13.1 Å². The fourth-order valence-corrected chi connectivity index (χ4v) is 3.51. The van der Waals surface area contributed by atoms with Gasteiger partial charge in [-0.3, -0.25) is 0 Å². The van der Waals surface area contributed by atoms with Gasteiger partial charge in [0.05, 0.1) is 10.7 Å². The summed E-state index contributed by atoms with van der Waals surface area (Å²) in [6.07, 6.45) is 2.55. The van der Waals surface area contributed by atoms with Crippen LogP contribution in [0.2, 0.25) is 5.02 Å². The fourth-order valence-electron chi connectivity index (χ4n) is 2.54. The van der Waals surface area contributed by atoms with Gasteiger partial charge < -0.3 is 10.2 Å². The normalized spacial score (nSPS) is 14.4. The molecule has 0 atom stereocenters. The Balaban J connectivity index is 1.79. The Morgan fingerprint density at radius 2 is 2.14 bits per heavy atom. The molecule has 0 amide bonds. The van der Waals surface area contributed by atoms with Crippen LogP contribution in [0.4, 0.5) is 5.69 Å². The second-order valence-corrected chi connectivity index (χ2v) is 6.74. The molecule has 1 aliphatic carbocycles. The van der Waals surface area contributed by atoms with Crippen molar-refractivity contribution in [2.45, 2.75) is 38.9 Å². The summed E-state index contributed by atoms with van der Waals surface area (Å²) in [5.74, 6) is 0. The Morgan fingerprint density at radius 1 is 1.29 bits per heavy atom. The highest BCUT2D eigenvalue weighted by Gasteiger charge is 2.30. The third kappa shape index (κ3) is 3.79. The summed E-state index contributed by atoms with van der Waals surface area (Å²) in [5, 5.41) is 8.57. The van der Waals surface area contributed by atoms with Crippen LogP contribution < -0.4 is 10.2 Å². The molecule has 1 saturated carbocycles. The lowest BCUT2D eigenvalue weighted by Crippen LogP contribution is -2.25. The number of nitrogens with one attached hydrogen (secondary N) is 1. The van der Waals surface area contributed by atoms with Crippen LogP contribution in [0, 0.1) is 0 Å². The number of halogens is 1. The molecular weight excluding hydrogens is 300 g/mol. The van der Waals surface area contributed by atoms with Crippen LogP contribution in [0.25, 0.3) is 0 Å². The first-order valence-corrected chi connectivity index (χ1v) is 8.87. The number of nitrogens with zero attached hydrogens (tertiary/aromatic N) is 1. The van der Waals surface area contributed by atoms with Crippen molar-refractivity contribution in [3.8, 4) is 0 Å². The van der Waals surface area contributed by atoms with Gasteiger partial charge in [0.25, 0.3) is 0 Å². The largest absolute Gasteiger partial charge is 0.363 e. The second-order valence-electron chi connectivity index (χ2n) is 5.56. The molecule has 1 heterocycles. The van der Waals surface area contributed by atoms with E-state index in [4.69, 9.17) is 11.6 Å². The number of benzene rings is 1. The van der Waals surface area contributed by atoms with Gasteiger partial charge in [0.15, 0.2) is 0 Å². The van der Waals surface area contributed by atoms with Crippen molar-refractivity contribution in [3.63, 3.8) is 0 Å². The summed E-state index contributed by atoms with van der Waals surface area (Å²) in [6.45, 7) is 4.93. The Labute approximate surface area is 135 Å². The highest BCUT2D eigenvalue weighted by atomic mass is 35.5. The van der Waals surface area contributed by atoms with Gasteiger partial charge in [-0.2, -0.15) is 11.3 Å². The van der Waals surface area contributed by atoms with Gasteiger partial charge in [-0.1, -0.05) is 24.6 Å². The minimum Gasteiger partial charge on any atom is -0.363 e. The Kier molecular flexibility index (Phi) is 4.84. The Bertz CT molecular complexity index is 578. The monoisotopic (exact) mass is 320 g/mol. The lowest BCUT2D eigenvalue weighted by molar-refractivity contribution is 0.726. The fraction of sp³-hybridized carbons (Fsp3) is 0.412. The molecule has 2 aromatic rings. The van der Waals surface area contributed by atoms with Crippen LogP contribution in [0.15, 0.2) is 35.0 Å². The van der Waals surface area contributed by atoms with Crippen LogP contribution in [0.1, 0.15) is 30.9 Å². The lowest BCUT2D eigenvalue weighted by Gasteiger charge is -2.26. The van der Waals surface area contributed by atoms with Gasteiger partial charge in [0.2, 0.25) is 0 Å². The van der Waals surface area contributed by atoms with Crippen molar-refractivity contribution in [2.75, 3.05) is 11.4 Å². The molecule has 1 aromatic heterocycles. The molecule has 0 spiro atoms. The zero-order valence-corrected chi connectivity index (χ0v) is 13.9. The van der Waals surface area contributed by atoms with Crippen LogP contribution >= 0.6 is 22.9 Å². The van der Waals surface area contributed by atoms with E-state index in [1.54, 1.807) is 11.3 Å². The molecule has 4 heteroatoms. The molecule has 0 saturated heterocycles. The van der Waals surface area contributed by atoms with E-state index in [-0.39, 0.29) is 0 Å². The van der Waals surface area contributed by atoms with Crippen molar-refractivity contribution < 1.29 is 0 Å². The molecule has 3 rings (SSSR count). The third-order valence-electron chi connectivity index (χ3n) is 3.82. The molecule has 1 aromatic carbocycles. The van der Waals surface area contributed by atoms with E-state index in [0.29, 0.717) is 6.04 Å². The molecule has 1 fully saturated rings. The number of hydrogen-bond donors (Lipinski definition) is 1. The number of hydrogen-bond acceptors (Lipinski definition) is 3. The summed E-state index contributed by atoms with van der Waals surface area (Å²) in [5.41, 5.74) is 3.79. The minimum absolute atomic E-state index is 0.655. The molecule has 1 N–H and O–H groups in total. The van der Waals surface area contributed by atoms with E-state index in [0.717, 1.165) is 24.7 Å². The van der Waals surface area contributed by atoms with Gasteiger partial charge >= 0.3 is 0 Å². The lowest BCUT2D eigenvalue weighted by atomic mass is 10.1.